The number of ether oxygens (including phenoxy) is 1. The maximum Gasteiger partial charge on any atom is 0.318 e. The minimum Gasteiger partial charge on any atom is -0.378 e. The van der Waals surface area contributed by atoms with Gasteiger partial charge in [-0.05, 0) is 17.5 Å². The zero-order valence-corrected chi connectivity index (χ0v) is 13.6. The van der Waals surface area contributed by atoms with Crippen molar-refractivity contribution >= 4 is 11.9 Å². The first-order valence-corrected chi connectivity index (χ1v) is 7.87. The van der Waals surface area contributed by atoms with Crippen molar-refractivity contribution in [1.82, 2.24) is 20.5 Å². The van der Waals surface area contributed by atoms with Gasteiger partial charge in [0.1, 0.15) is 6.04 Å². The third-order valence-electron chi connectivity index (χ3n) is 3.72. The molecule has 3 amide bonds. The third kappa shape index (κ3) is 5.21. The number of morpholine rings is 1. The van der Waals surface area contributed by atoms with Gasteiger partial charge in [-0.3, -0.25) is 9.78 Å². The molecule has 0 aliphatic carbocycles. The Balaban J connectivity index is 1.89. The Morgan fingerprint density at radius 3 is 2.70 bits per heavy atom. The second-order valence-electron chi connectivity index (χ2n) is 5.85. The fourth-order valence-corrected chi connectivity index (χ4v) is 2.33. The third-order valence-corrected chi connectivity index (χ3v) is 3.72. The molecule has 0 bridgehead atoms. The number of pyridine rings is 1. The Hall–Kier alpha value is -2.15. The number of carbonyl (C=O) groups is 2. The fraction of sp³-hybridized carbons (Fsp3) is 0.562. The lowest BCUT2D eigenvalue weighted by Crippen LogP contribution is -2.55. The summed E-state index contributed by atoms with van der Waals surface area (Å²) in [7, 11) is 0. The van der Waals surface area contributed by atoms with E-state index in [1.165, 1.54) is 0 Å². The molecule has 0 spiro atoms. The van der Waals surface area contributed by atoms with Crippen LogP contribution >= 0.6 is 0 Å². The summed E-state index contributed by atoms with van der Waals surface area (Å²) >= 11 is 0. The smallest absolute Gasteiger partial charge is 0.318 e. The number of nitrogens with zero attached hydrogens (tertiary/aromatic N) is 2. The molecule has 23 heavy (non-hydrogen) atoms. The summed E-state index contributed by atoms with van der Waals surface area (Å²) < 4.78 is 5.23. The topological polar surface area (TPSA) is 83.6 Å². The van der Waals surface area contributed by atoms with Crippen LogP contribution in [0.2, 0.25) is 0 Å². The van der Waals surface area contributed by atoms with E-state index in [4.69, 9.17) is 4.74 Å². The van der Waals surface area contributed by atoms with Gasteiger partial charge in [-0.25, -0.2) is 4.79 Å². The summed E-state index contributed by atoms with van der Waals surface area (Å²) in [5.74, 6) is -0.195. The van der Waals surface area contributed by atoms with Crippen molar-refractivity contribution < 1.29 is 14.3 Å². The van der Waals surface area contributed by atoms with Gasteiger partial charge in [0, 0.05) is 32.0 Å². The first-order valence-electron chi connectivity index (χ1n) is 7.87. The van der Waals surface area contributed by atoms with Crippen molar-refractivity contribution in [3.05, 3.63) is 30.1 Å². The lowest BCUT2D eigenvalue weighted by atomic mass is 10.0. The lowest BCUT2D eigenvalue weighted by Gasteiger charge is -2.30. The number of urea groups is 1. The summed E-state index contributed by atoms with van der Waals surface area (Å²) in [4.78, 5) is 30.3. The Bertz CT molecular complexity index is 515. The molecule has 2 heterocycles. The van der Waals surface area contributed by atoms with Gasteiger partial charge in [-0.1, -0.05) is 19.9 Å². The van der Waals surface area contributed by atoms with Crippen molar-refractivity contribution in [1.29, 1.82) is 0 Å². The van der Waals surface area contributed by atoms with E-state index in [1.54, 1.807) is 17.3 Å². The Kier molecular flexibility index (Phi) is 6.34. The molecule has 1 fully saturated rings. The fourth-order valence-electron chi connectivity index (χ4n) is 2.33. The first-order chi connectivity index (χ1) is 11.1. The van der Waals surface area contributed by atoms with Crippen molar-refractivity contribution in [3.63, 3.8) is 0 Å². The molecule has 0 saturated carbocycles. The van der Waals surface area contributed by atoms with E-state index in [0.29, 0.717) is 32.8 Å². The van der Waals surface area contributed by atoms with Crippen LogP contribution in [-0.4, -0.2) is 54.2 Å². The van der Waals surface area contributed by atoms with Crippen LogP contribution in [0.3, 0.4) is 0 Å². The van der Waals surface area contributed by atoms with Crippen molar-refractivity contribution in [2.45, 2.75) is 26.4 Å². The predicted molar refractivity (Wildman–Crippen MR) is 85.6 cm³/mol. The molecule has 1 aliphatic heterocycles. The highest BCUT2D eigenvalue weighted by Gasteiger charge is 2.26. The van der Waals surface area contributed by atoms with E-state index < -0.39 is 6.04 Å². The van der Waals surface area contributed by atoms with Gasteiger partial charge in [0.05, 0.1) is 13.2 Å². The second kappa shape index (κ2) is 8.47. The average molecular weight is 320 g/mol. The van der Waals surface area contributed by atoms with Crippen molar-refractivity contribution in [2.75, 3.05) is 26.3 Å². The van der Waals surface area contributed by atoms with Crippen LogP contribution in [0.4, 0.5) is 4.79 Å². The zero-order chi connectivity index (χ0) is 16.7. The molecule has 1 aromatic heterocycles. The summed E-state index contributed by atoms with van der Waals surface area (Å²) in [5, 5.41) is 5.68. The highest BCUT2D eigenvalue weighted by Crippen LogP contribution is 2.05. The first kappa shape index (κ1) is 17.2. The maximum atomic E-state index is 12.4. The van der Waals surface area contributed by atoms with Gasteiger partial charge in [-0.15, -0.1) is 0 Å². The molecule has 2 rings (SSSR count). The monoisotopic (exact) mass is 320 g/mol. The van der Waals surface area contributed by atoms with Crippen LogP contribution < -0.4 is 10.6 Å². The molecule has 7 heteroatoms. The van der Waals surface area contributed by atoms with Gasteiger partial charge >= 0.3 is 6.03 Å². The molecule has 0 unspecified atom stereocenters. The summed E-state index contributed by atoms with van der Waals surface area (Å²) in [6, 6.07) is 2.93. The van der Waals surface area contributed by atoms with Gasteiger partial charge in [0.15, 0.2) is 0 Å². The van der Waals surface area contributed by atoms with E-state index in [0.717, 1.165) is 5.56 Å². The predicted octanol–water partition coefficient (Wildman–Crippen LogP) is 0.764. The molecule has 1 saturated heterocycles. The van der Waals surface area contributed by atoms with Crippen LogP contribution in [0.5, 0.6) is 0 Å². The van der Waals surface area contributed by atoms with Crippen LogP contribution in [0, 0.1) is 5.92 Å². The van der Waals surface area contributed by atoms with E-state index in [2.05, 4.69) is 15.6 Å². The molecule has 126 valence electrons. The minimum absolute atomic E-state index is 0.00566. The van der Waals surface area contributed by atoms with Gasteiger partial charge < -0.3 is 20.3 Å². The molecule has 1 aromatic rings. The molecular formula is C16H24N4O3. The Labute approximate surface area is 136 Å². The summed E-state index contributed by atoms with van der Waals surface area (Å²) in [5.41, 5.74) is 0.919. The minimum atomic E-state index is -0.568. The largest absolute Gasteiger partial charge is 0.378 e. The molecule has 7 nitrogen and oxygen atoms in total. The van der Waals surface area contributed by atoms with E-state index in [-0.39, 0.29) is 17.9 Å². The molecule has 2 N–H and O–H groups in total. The quantitative estimate of drug-likeness (QED) is 0.839. The molecule has 1 atom stereocenters. The number of hydrogen-bond acceptors (Lipinski definition) is 4. The maximum absolute atomic E-state index is 12.4. The summed E-state index contributed by atoms with van der Waals surface area (Å²) in [6.45, 7) is 6.38. The highest BCUT2D eigenvalue weighted by molar-refractivity contribution is 5.87. The SMILES string of the molecule is CC(C)[C@H](NC(=O)N1CCOCC1)C(=O)NCc1cccnc1. The number of rotatable bonds is 5. The van der Waals surface area contributed by atoms with E-state index in [9.17, 15) is 9.59 Å². The van der Waals surface area contributed by atoms with Crippen LogP contribution in [0.15, 0.2) is 24.5 Å². The van der Waals surface area contributed by atoms with Gasteiger partial charge in [0.2, 0.25) is 5.91 Å². The lowest BCUT2D eigenvalue weighted by molar-refractivity contribution is -0.124. The Morgan fingerprint density at radius 1 is 1.35 bits per heavy atom. The van der Waals surface area contributed by atoms with Gasteiger partial charge in [-0.2, -0.15) is 0 Å². The van der Waals surface area contributed by atoms with Gasteiger partial charge in [0.25, 0.3) is 0 Å². The number of hydrogen-bond donors (Lipinski definition) is 2. The Morgan fingerprint density at radius 2 is 2.09 bits per heavy atom. The standard InChI is InChI=1S/C16H24N4O3/c1-12(2)14(19-16(22)20-6-8-23-9-7-20)15(21)18-11-13-4-3-5-17-10-13/h3-5,10,12,14H,6-9,11H2,1-2H3,(H,18,21)(H,19,22)/t14-/m0/s1. The highest BCUT2D eigenvalue weighted by atomic mass is 16.5. The van der Waals surface area contributed by atoms with Crippen LogP contribution in [0.1, 0.15) is 19.4 Å². The normalized spacial score (nSPS) is 16.0. The molecule has 0 radical (unpaired) electrons. The number of carbonyl (C=O) groups excluding carboxylic acids is 2. The second-order valence-corrected chi connectivity index (χ2v) is 5.85. The van der Waals surface area contributed by atoms with E-state index in [1.807, 2.05) is 26.0 Å². The average Bonchev–Trinajstić information content (AvgIpc) is 2.58. The molecule has 1 aliphatic rings. The van der Waals surface area contributed by atoms with Crippen molar-refractivity contribution in [2.24, 2.45) is 5.92 Å². The number of nitrogens with one attached hydrogen (secondary N) is 2. The number of aromatic nitrogens is 1. The zero-order valence-electron chi connectivity index (χ0n) is 13.6. The van der Waals surface area contributed by atoms with Crippen LogP contribution in [0.25, 0.3) is 0 Å². The van der Waals surface area contributed by atoms with Crippen molar-refractivity contribution in [3.8, 4) is 0 Å². The summed E-state index contributed by atoms with van der Waals surface area (Å²) in [6.07, 6.45) is 3.39. The molecular weight excluding hydrogens is 296 g/mol. The molecule has 0 aromatic carbocycles. The van der Waals surface area contributed by atoms with Crippen LogP contribution in [-0.2, 0) is 16.1 Å². The number of amides is 3. The van der Waals surface area contributed by atoms with E-state index >= 15 is 0 Å².